The fraction of sp³-hybridized carbons (Fsp3) is 0.0588. The van der Waals surface area contributed by atoms with E-state index in [-0.39, 0.29) is 11.3 Å². The lowest BCUT2D eigenvalue weighted by atomic mass is 10.1. The summed E-state index contributed by atoms with van der Waals surface area (Å²) in [7, 11) is 1.28. The summed E-state index contributed by atoms with van der Waals surface area (Å²) in [6.45, 7) is 0. The summed E-state index contributed by atoms with van der Waals surface area (Å²) in [6.07, 6.45) is 4.68. The van der Waals surface area contributed by atoms with E-state index in [0.29, 0.717) is 16.8 Å². The van der Waals surface area contributed by atoms with Crippen LogP contribution in [0.2, 0.25) is 0 Å². The highest BCUT2D eigenvalue weighted by atomic mass is 127. The van der Waals surface area contributed by atoms with E-state index in [0.717, 1.165) is 9.09 Å². The van der Waals surface area contributed by atoms with Crippen LogP contribution in [0.25, 0.3) is 16.5 Å². The molecule has 0 radical (unpaired) electrons. The van der Waals surface area contributed by atoms with Gasteiger partial charge >= 0.3 is 5.97 Å². The van der Waals surface area contributed by atoms with Crippen molar-refractivity contribution >= 4 is 56.6 Å². The first-order valence-corrected chi connectivity index (χ1v) is 8.33. The van der Waals surface area contributed by atoms with Crippen molar-refractivity contribution in [2.24, 2.45) is 0 Å². The minimum absolute atomic E-state index is 0.172. The number of methoxy groups -OCH3 is 1. The van der Waals surface area contributed by atoms with E-state index in [9.17, 15) is 9.18 Å². The highest BCUT2D eigenvalue weighted by Crippen LogP contribution is 2.34. The number of benzene rings is 1. The van der Waals surface area contributed by atoms with Gasteiger partial charge in [0.2, 0.25) is 0 Å². The largest absolute Gasteiger partial charge is 0.465 e. The number of hydrogen-bond donors (Lipinski definition) is 1. The molecule has 0 aliphatic heterocycles. The molecule has 0 saturated carbocycles. The number of carbonyl (C=O) groups excluding carboxylic acids is 1. The van der Waals surface area contributed by atoms with E-state index in [1.165, 1.54) is 19.4 Å². The van der Waals surface area contributed by atoms with Crippen LogP contribution in [-0.2, 0) is 4.74 Å². The number of rotatable bonds is 3. The first-order chi connectivity index (χ1) is 12.1. The van der Waals surface area contributed by atoms with Gasteiger partial charge in [-0.25, -0.2) is 14.2 Å². The first-order valence-electron chi connectivity index (χ1n) is 7.25. The second-order valence-electron chi connectivity index (χ2n) is 5.28. The molecular weight excluding hydrogens is 440 g/mol. The Morgan fingerprint density at radius 3 is 3.00 bits per heavy atom. The predicted octanol–water partition coefficient (Wildman–Crippen LogP) is 4.35. The van der Waals surface area contributed by atoms with Crippen molar-refractivity contribution in [2.75, 3.05) is 12.4 Å². The molecule has 0 amide bonds. The van der Waals surface area contributed by atoms with Crippen molar-refractivity contribution in [1.82, 2.24) is 9.38 Å². The first kappa shape index (κ1) is 15.9. The number of halogens is 2. The zero-order chi connectivity index (χ0) is 17.6. The van der Waals surface area contributed by atoms with Gasteiger partial charge in [-0.2, -0.15) is 0 Å². The van der Waals surface area contributed by atoms with Crippen molar-refractivity contribution in [3.63, 3.8) is 0 Å². The molecule has 0 spiro atoms. The van der Waals surface area contributed by atoms with Crippen molar-refractivity contribution in [1.29, 1.82) is 0 Å². The molecule has 1 aromatic carbocycles. The summed E-state index contributed by atoms with van der Waals surface area (Å²) in [5, 5.41) is 3.69. The van der Waals surface area contributed by atoms with E-state index in [1.54, 1.807) is 35.1 Å². The van der Waals surface area contributed by atoms with Crippen LogP contribution in [0.1, 0.15) is 10.4 Å². The molecule has 6 nitrogen and oxygen atoms in total. The van der Waals surface area contributed by atoms with Crippen LogP contribution in [0.5, 0.6) is 0 Å². The summed E-state index contributed by atoms with van der Waals surface area (Å²) in [5.41, 5.74) is 1.48. The number of nitrogens with zero attached hydrogens (tertiary/aromatic N) is 2. The number of aromatic nitrogens is 2. The van der Waals surface area contributed by atoms with Crippen LogP contribution < -0.4 is 5.32 Å². The van der Waals surface area contributed by atoms with Crippen LogP contribution >= 0.6 is 22.6 Å². The molecule has 4 rings (SSSR count). The van der Waals surface area contributed by atoms with Gasteiger partial charge in [-0.05, 0) is 46.9 Å². The normalized spacial score (nSPS) is 11.2. The Labute approximate surface area is 154 Å². The maximum absolute atomic E-state index is 14.3. The molecule has 3 heterocycles. The van der Waals surface area contributed by atoms with Crippen molar-refractivity contribution in [3.8, 4) is 0 Å². The Balaban J connectivity index is 2.02. The third-order valence-electron chi connectivity index (χ3n) is 3.86. The standard InChI is InChI=1S/C17H11FIN3O3/c1-24-17(23)14-15-10(4-5-25-15)13-7-20-8-22(13)16(14)21-12-3-2-9(19)6-11(12)18/h2-8,21H,1H3. The number of ether oxygens (including phenoxy) is 1. The Hall–Kier alpha value is -2.62. The number of carbonyl (C=O) groups is 1. The monoisotopic (exact) mass is 451 g/mol. The third kappa shape index (κ3) is 2.53. The molecule has 1 N–H and O–H groups in total. The Morgan fingerprint density at radius 1 is 1.40 bits per heavy atom. The minimum atomic E-state index is -0.594. The number of pyridine rings is 1. The molecule has 8 heteroatoms. The molecular formula is C17H11FIN3O3. The average molecular weight is 451 g/mol. The summed E-state index contributed by atoms with van der Waals surface area (Å²) in [4.78, 5) is 16.5. The van der Waals surface area contributed by atoms with Gasteiger partial charge in [-0.1, -0.05) is 0 Å². The molecule has 0 bridgehead atoms. The topological polar surface area (TPSA) is 68.8 Å². The van der Waals surface area contributed by atoms with Gasteiger partial charge in [-0.15, -0.1) is 0 Å². The number of fused-ring (bicyclic) bond motifs is 3. The van der Waals surface area contributed by atoms with Crippen LogP contribution in [0.3, 0.4) is 0 Å². The molecule has 0 saturated heterocycles. The van der Waals surface area contributed by atoms with Crippen molar-refractivity contribution in [2.45, 2.75) is 0 Å². The molecule has 0 aliphatic rings. The Bertz CT molecular complexity index is 1120. The summed E-state index contributed by atoms with van der Waals surface area (Å²) < 4.78 is 27.1. The highest BCUT2D eigenvalue weighted by molar-refractivity contribution is 14.1. The van der Waals surface area contributed by atoms with Crippen LogP contribution in [-0.4, -0.2) is 22.5 Å². The number of esters is 1. The second-order valence-corrected chi connectivity index (χ2v) is 6.52. The van der Waals surface area contributed by atoms with Gasteiger partial charge in [0.15, 0.2) is 5.58 Å². The molecule has 0 unspecified atom stereocenters. The molecule has 3 aromatic heterocycles. The Morgan fingerprint density at radius 2 is 2.24 bits per heavy atom. The zero-order valence-corrected chi connectivity index (χ0v) is 15.1. The van der Waals surface area contributed by atoms with E-state index in [4.69, 9.17) is 9.15 Å². The SMILES string of the molecule is COC(=O)c1c(Nc2ccc(I)cc2F)n2cncc2c2ccoc12. The lowest BCUT2D eigenvalue weighted by Gasteiger charge is -2.15. The summed E-state index contributed by atoms with van der Waals surface area (Å²) in [5.74, 6) is -0.707. The van der Waals surface area contributed by atoms with Gasteiger partial charge in [-0.3, -0.25) is 4.40 Å². The smallest absolute Gasteiger partial charge is 0.345 e. The second kappa shape index (κ2) is 6.03. The van der Waals surface area contributed by atoms with Crippen LogP contribution in [0.4, 0.5) is 15.9 Å². The van der Waals surface area contributed by atoms with Crippen molar-refractivity contribution in [3.05, 3.63) is 58.0 Å². The van der Waals surface area contributed by atoms with Crippen molar-refractivity contribution < 1.29 is 18.3 Å². The number of furan rings is 1. The number of nitrogens with one attached hydrogen (secondary N) is 1. The average Bonchev–Trinajstić information content (AvgIpc) is 3.25. The van der Waals surface area contributed by atoms with E-state index >= 15 is 0 Å². The fourth-order valence-corrected chi connectivity index (χ4v) is 3.19. The van der Waals surface area contributed by atoms with Gasteiger partial charge in [0.25, 0.3) is 0 Å². The molecule has 126 valence electrons. The summed E-state index contributed by atoms with van der Waals surface area (Å²) >= 11 is 2.03. The maximum atomic E-state index is 14.3. The quantitative estimate of drug-likeness (QED) is 0.371. The van der Waals surface area contributed by atoms with Crippen LogP contribution in [0, 0.1) is 9.39 Å². The van der Waals surface area contributed by atoms with Gasteiger partial charge in [0, 0.05) is 8.96 Å². The lowest BCUT2D eigenvalue weighted by Crippen LogP contribution is -2.11. The minimum Gasteiger partial charge on any atom is -0.465 e. The highest BCUT2D eigenvalue weighted by Gasteiger charge is 2.24. The van der Waals surface area contributed by atoms with E-state index < -0.39 is 11.8 Å². The van der Waals surface area contributed by atoms with E-state index in [2.05, 4.69) is 10.3 Å². The molecule has 4 aromatic rings. The fourth-order valence-electron chi connectivity index (χ4n) is 2.74. The molecule has 0 fully saturated rings. The number of hydrogen-bond acceptors (Lipinski definition) is 5. The van der Waals surface area contributed by atoms with E-state index in [1.807, 2.05) is 22.6 Å². The molecule has 0 aliphatic carbocycles. The van der Waals surface area contributed by atoms with Crippen LogP contribution in [0.15, 0.2) is 47.5 Å². The number of imidazole rings is 1. The maximum Gasteiger partial charge on any atom is 0.345 e. The predicted molar refractivity (Wildman–Crippen MR) is 98.7 cm³/mol. The zero-order valence-electron chi connectivity index (χ0n) is 12.9. The van der Waals surface area contributed by atoms with Gasteiger partial charge in [0.05, 0.1) is 30.8 Å². The molecule has 25 heavy (non-hydrogen) atoms. The third-order valence-corrected chi connectivity index (χ3v) is 4.53. The number of anilines is 2. The van der Waals surface area contributed by atoms with Gasteiger partial charge in [0.1, 0.15) is 23.5 Å². The van der Waals surface area contributed by atoms with Gasteiger partial charge < -0.3 is 14.5 Å². The Kier molecular flexibility index (Phi) is 3.83. The molecule has 0 atom stereocenters. The lowest BCUT2D eigenvalue weighted by molar-refractivity contribution is 0.0602. The summed E-state index contributed by atoms with van der Waals surface area (Å²) in [6, 6.07) is 6.51.